The number of pyridine rings is 2. The number of carbonyl (C=O) groups excluding carboxylic acids is 6. The first-order valence-electron chi connectivity index (χ1n) is 29.6. The Bertz CT molecular complexity index is 2600. The van der Waals surface area contributed by atoms with E-state index in [1.54, 1.807) is 12.4 Å². The number of aromatic nitrogens is 2. The molecule has 4 unspecified atom stereocenters. The van der Waals surface area contributed by atoms with Crippen LogP contribution >= 0.6 is 46.4 Å². The van der Waals surface area contributed by atoms with E-state index in [9.17, 15) is 48.6 Å². The van der Waals surface area contributed by atoms with Crippen LogP contribution in [0.5, 0.6) is 0 Å². The third-order valence-corrected chi connectivity index (χ3v) is 13.8. The minimum atomic E-state index is -1.18. The lowest BCUT2D eigenvalue weighted by atomic mass is 10.0. The molecule has 0 radical (unpaired) electrons. The lowest BCUT2D eigenvalue weighted by Gasteiger charge is -2.23. The SMILES string of the molecule is O=C(O)CC(NC(=O)C(COCCOCCNC(=O)NCCCCCCNC(=O)NCCOCCOCC(NC(=O)CCCCNc1ccccn1)C(=O)NC(CC(=O)O)c1cc(Cl)cc(Cl)c1)NC(=O)CCCCNc1ccccn1)c1cc(Cl)cc(Cl)c1. The van der Waals surface area contributed by atoms with E-state index in [-0.39, 0.29) is 111 Å². The summed E-state index contributed by atoms with van der Waals surface area (Å²) in [6.45, 7) is 2.61. The molecule has 12 N–H and O–H groups in total. The molecule has 2 heterocycles. The van der Waals surface area contributed by atoms with Gasteiger partial charge in [-0.15, -0.1) is 0 Å². The molecule has 494 valence electrons. The van der Waals surface area contributed by atoms with Crippen molar-refractivity contribution in [3.63, 3.8) is 0 Å². The predicted octanol–water partition coefficient (Wildman–Crippen LogP) is 6.81. The summed E-state index contributed by atoms with van der Waals surface area (Å²) in [4.78, 5) is 110. The zero-order valence-corrected chi connectivity index (χ0v) is 53.0. The van der Waals surface area contributed by atoms with Crippen molar-refractivity contribution < 1.29 is 67.5 Å². The van der Waals surface area contributed by atoms with Crippen LogP contribution in [0.15, 0.2) is 85.2 Å². The van der Waals surface area contributed by atoms with Gasteiger partial charge in [-0.1, -0.05) is 71.4 Å². The number of carboxylic acid groups (broad SMARTS) is 2. The van der Waals surface area contributed by atoms with Gasteiger partial charge in [0.05, 0.1) is 77.8 Å². The molecule has 2 aromatic carbocycles. The van der Waals surface area contributed by atoms with Gasteiger partial charge in [0.15, 0.2) is 0 Å². The van der Waals surface area contributed by atoms with Crippen LogP contribution in [0.2, 0.25) is 20.1 Å². The Kier molecular flexibility index (Phi) is 37.6. The van der Waals surface area contributed by atoms with Crippen molar-refractivity contribution in [1.82, 2.24) is 52.5 Å². The molecule has 0 saturated carbocycles. The van der Waals surface area contributed by atoms with Crippen molar-refractivity contribution in [3.05, 3.63) is 116 Å². The van der Waals surface area contributed by atoms with Crippen molar-refractivity contribution in [2.75, 3.05) is 103 Å². The molecule has 0 saturated heterocycles. The van der Waals surface area contributed by atoms with Gasteiger partial charge in [0.2, 0.25) is 23.6 Å². The van der Waals surface area contributed by atoms with Crippen LogP contribution in [0.3, 0.4) is 0 Å². The number of halogens is 4. The molecule has 90 heavy (non-hydrogen) atoms. The maximum atomic E-state index is 13.6. The van der Waals surface area contributed by atoms with Crippen molar-refractivity contribution in [2.45, 2.75) is 101 Å². The minimum Gasteiger partial charge on any atom is -0.481 e. The Morgan fingerprint density at radius 1 is 0.422 bits per heavy atom. The fourth-order valence-electron chi connectivity index (χ4n) is 8.49. The molecule has 30 heteroatoms. The highest BCUT2D eigenvalue weighted by atomic mass is 35.5. The van der Waals surface area contributed by atoms with E-state index in [0.717, 1.165) is 25.7 Å². The second-order valence-electron chi connectivity index (χ2n) is 20.3. The molecule has 0 spiro atoms. The molecule has 8 amide bonds. The fraction of sp³-hybridized carbons (Fsp3) is 0.500. The Morgan fingerprint density at radius 2 is 0.789 bits per heavy atom. The van der Waals surface area contributed by atoms with Crippen LogP contribution in [0.4, 0.5) is 21.2 Å². The number of carbonyl (C=O) groups is 8. The number of anilines is 2. The van der Waals surface area contributed by atoms with Gasteiger partial charge in [-0.2, -0.15) is 0 Å². The summed E-state index contributed by atoms with van der Waals surface area (Å²) in [6, 6.07) is 14.8. The van der Waals surface area contributed by atoms with Crippen LogP contribution in [0, 0.1) is 0 Å². The first-order chi connectivity index (χ1) is 43.4. The molecule has 0 aliphatic heterocycles. The number of rotatable bonds is 47. The van der Waals surface area contributed by atoms with Gasteiger partial charge in [0, 0.05) is 84.6 Å². The maximum absolute atomic E-state index is 13.6. The molecule has 0 bridgehead atoms. The quantitative estimate of drug-likeness (QED) is 0.0202. The number of nitrogens with one attached hydrogen (secondary N) is 10. The summed E-state index contributed by atoms with van der Waals surface area (Å²) in [6.07, 6.45) is 8.01. The van der Waals surface area contributed by atoms with Crippen LogP contribution < -0.4 is 53.2 Å². The van der Waals surface area contributed by atoms with Crippen LogP contribution in [-0.2, 0) is 47.7 Å². The molecule has 26 nitrogen and oxygen atoms in total. The topological polar surface area (TPSA) is 360 Å². The number of amides is 8. The Balaban J connectivity index is 1.03. The fourth-order valence-corrected chi connectivity index (χ4v) is 9.57. The summed E-state index contributed by atoms with van der Waals surface area (Å²) >= 11 is 24.7. The molecule has 0 aliphatic rings. The maximum Gasteiger partial charge on any atom is 0.314 e. The van der Waals surface area contributed by atoms with Crippen molar-refractivity contribution in [3.8, 4) is 0 Å². The standard InChI is InChI=1S/C60H82Cl4N12O14/c61-43-31-41(32-44(62)35-43)47(37-55(79)80)75-57(83)49(73-53(77)15-5-11-19-67-51-13-3-9-17-65-51)39-89-29-27-87-25-23-71-59(85)69-21-7-1-2-8-22-70-60(86)72-24-26-88-28-30-90-40-50(74-54(78)16-6-12-20-68-52-14-4-10-18-66-52)58(84)76-48(38-56(81)82)42-33-45(63)36-46(64)34-42/h3-4,9-10,13-14,17-18,31-36,47-50H,1-2,5-8,11-12,15-16,19-30,37-40H2,(H,65,67)(H,66,68)(H,73,77)(H,74,78)(H,75,83)(H,76,84)(H,79,80)(H,81,82)(H2,69,71,85)(H2,70,72,86). The first kappa shape index (κ1) is 75.2. The second-order valence-corrected chi connectivity index (χ2v) is 22.1. The normalized spacial score (nSPS) is 12.3. The molecule has 0 fully saturated rings. The van der Waals surface area contributed by atoms with Gasteiger partial charge in [-0.25, -0.2) is 19.6 Å². The van der Waals surface area contributed by atoms with E-state index in [4.69, 9.17) is 65.4 Å². The van der Waals surface area contributed by atoms with Gasteiger partial charge in [-0.05, 0) is 110 Å². The van der Waals surface area contributed by atoms with Crippen molar-refractivity contribution in [2.24, 2.45) is 0 Å². The number of nitrogens with zero attached hydrogens (tertiary/aromatic N) is 2. The Hall–Kier alpha value is -7.30. The van der Waals surface area contributed by atoms with E-state index in [1.807, 2.05) is 36.4 Å². The summed E-state index contributed by atoms with van der Waals surface area (Å²) in [5, 5.41) is 48.4. The van der Waals surface area contributed by atoms with Gasteiger partial charge in [-0.3, -0.25) is 28.8 Å². The van der Waals surface area contributed by atoms with E-state index in [1.165, 1.54) is 36.4 Å². The highest BCUT2D eigenvalue weighted by Gasteiger charge is 2.28. The molecule has 0 aliphatic carbocycles. The number of hydrogen-bond donors (Lipinski definition) is 12. The number of unbranched alkanes of at least 4 members (excludes halogenated alkanes) is 5. The van der Waals surface area contributed by atoms with Crippen LogP contribution in [0.25, 0.3) is 0 Å². The third-order valence-electron chi connectivity index (χ3n) is 12.9. The average Bonchev–Trinajstić information content (AvgIpc) is 1.73. The summed E-state index contributed by atoms with van der Waals surface area (Å²) < 4.78 is 22.6. The molecular weight excluding hydrogens is 1250 g/mol. The number of hydrogen-bond acceptors (Lipinski definition) is 16. The zero-order valence-electron chi connectivity index (χ0n) is 50.0. The van der Waals surface area contributed by atoms with Crippen LogP contribution in [-0.4, -0.2) is 172 Å². The van der Waals surface area contributed by atoms with Gasteiger partial charge < -0.3 is 82.3 Å². The Labute approximate surface area is 543 Å². The Morgan fingerprint density at radius 3 is 1.16 bits per heavy atom. The lowest BCUT2D eigenvalue weighted by molar-refractivity contribution is -0.139. The van der Waals surface area contributed by atoms with Crippen molar-refractivity contribution in [1.29, 1.82) is 0 Å². The van der Waals surface area contributed by atoms with E-state index >= 15 is 0 Å². The van der Waals surface area contributed by atoms with Crippen molar-refractivity contribution >= 4 is 106 Å². The molecule has 4 rings (SSSR count). The second kappa shape index (κ2) is 45.0. The van der Waals surface area contributed by atoms with E-state index < -0.39 is 72.6 Å². The average molecular weight is 1340 g/mol. The molecule has 4 aromatic rings. The summed E-state index contributed by atoms with van der Waals surface area (Å²) in [5.74, 6) is -3.09. The van der Waals surface area contributed by atoms with Crippen LogP contribution in [0.1, 0.15) is 100 Å². The summed E-state index contributed by atoms with van der Waals surface area (Å²) in [5.41, 5.74) is 0.736. The monoisotopic (exact) mass is 1330 g/mol. The van der Waals surface area contributed by atoms with E-state index in [2.05, 4.69) is 63.1 Å². The van der Waals surface area contributed by atoms with Gasteiger partial charge in [0.1, 0.15) is 23.7 Å². The molecular formula is C60H82Cl4N12O14. The first-order valence-corrected chi connectivity index (χ1v) is 31.1. The third kappa shape index (κ3) is 34.6. The minimum absolute atomic E-state index is 0.0429. The van der Waals surface area contributed by atoms with E-state index in [0.29, 0.717) is 74.6 Å². The molecule has 4 atom stereocenters. The number of benzene rings is 2. The number of carboxylic acids is 2. The number of urea groups is 2. The predicted molar refractivity (Wildman–Crippen MR) is 341 cm³/mol. The van der Waals surface area contributed by atoms with Gasteiger partial charge in [0.25, 0.3) is 0 Å². The number of aliphatic carboxylic acids is 2. The lowest BCUT2D eigenvalue weighted by Crippen LogP contribution is -2.50. The number of ether oxygens (including phenoxy) is 4. The van der Waals surface area contributed by atoms with Gasteiger partial charge >= 0.3 is 24.0 Å². The largest absolute Gasteiger partial charge is 0.481 e. The zero-order chi connectivity index (χ0) is 65.1. The summed E-state index contributed by atoms with van der Waals surface area (Å²) in [7, 11) is 0. The highest BCUT2D eigenvalue weighted by Crippen LogP contribution is 2.27. The molecule has 2 aromatic heterocycles. The highest BCUT2D eigenvalue weighted by molar-refractivity contribution is 6.35. The smallest absolute Gasteiger partial charge is 0.314 e.